The van der Waals surface area contributed by atoms with Crippen LogP contribution in [-0.2, 0) is 14.9 Å². The first-order valence-electron chi connectivity index (χ1n) is 6.59. The maximum atomic E-state index is 10.7. The van der Waals surface area contributed by atoms with Crippen LogP contribution in [0, 0.1) is 0 Å². The molecule has 0 spiro atoms. The van der Waals surface area contributed by atoms with Gasteiger partial charge in [-0.05, 0) is 38.0 Å². The lowest BCUT2D eigenvalue weighted by Crippen LogP contribution is -2.47. The van der Waals surface area contributed by atoms with Crippen LogP contribution in [0.2, 0.25) is 0 Å². The Balaban J connectivity index is 2.08. The number of ether oxygens (including phenoxy) is 2. The molecule has 4 nitrogen and oxygen atoms in total. The van der Waals surface area contributed by atoms with Gasteiger partial charge in [0, 0.05) is 11.8 Å². The first-order chi connectivity index (χ1) is 9.02. The predicted octanol–water partition coefficient (Wildman–Crippen LogP) is 2.61. The van der Waals surface area contributed by atoms with Crippen LogP contribution in [0.25, 0.3) is 0 Å². The Kier molecular flexibility index (Phi) is 4.10. The fraction of sp³-hybridized carbons (Fsp3) is 0.533. The summed E-state index contributed by atoms with van der Waals surface area (Å²) < 4.78 is 10.9. The van der Waals surface area contributed by atoms with E-state index in [2.05, 4.69) is 0 Å². The van der Waals surface area contributed by atoms with E-state index in [1.165, 1.54) is 0 Å². The summed E-state index contributed by atoms with van der Waals surface area (Å²) in [7, 11) is 0. The highest BCUT2D eigenvalue weighted by Gasteiger charge is 2.40. The van der Waals surface area contributed by atoms with Crippen molar-refractivity contribution in [3.63, 3.8) is 0 Å². The lowest BCUT2D eigenvalue weighted by Gasteiger charge is -2.42. The maximum Gasteiger partial charge on any atom is 0.303 e. The molecule has 1 aromatic rings. The lowest BCUT2D eigenvalue weighted by atomic mass is 9.75. The summed E-state index contributed by atoms with van der Waals surface area (Å²) in [5.41, 5.74) is 1.01. The Hall–Kier alpha value is -1.55. The zero-order valence-corrected chi connectivity index (χ0v) is 11.4. The van der Waals surface area contributed by atoms with E-state index in [-0.39, 0.29) is 17.9 Å². The number of carboxylic acids is 1. The van der Waals surface area contributed by atoms with Crippen LogP contribution in [0.15, 0.2) is 24.3 Å². The molecule has 0 unspecified atom stereocenters. The SMILES string of the molecule is CC(C)Oc1ccc(C2(CCC(=O)O)COC2)cc1. The van der Waals surface area contributed by atoms with E-state index in [4.69, 9.17) is 14.6 Å². The van der Waals surface area contributed by atoms with Gasteiger partial charge in [0.05, 0.1) is 19.3 Å². The van der Waals surface area contributed by atoms with Crippen molar-refractivity contribution < 1.29 is 19.4 Å². The molecule has 0 aliphatic carbocycles. The minimum atomic E-state index is -0.758. The number of hydrogen-bond acceptors (Lipinski definition) is 3. The lowest BCUT2D eigenvalue weighted by molar-refractivity contribution is -0.139. The van der Waals surface area contributed by atoms with Gasteiger partial charge < -0.3 is 14.6 Å². The summed E-state index contributed by atoms with van der Waals surface area (Å²) in [5, 5.41) is 8.83. The van der Waals surface area contributed by atoms with Crippen LogP contribution < -0.4 is 4.74 Å². The number of aliphatic carboxylic acids is 1. The number of benzene rings is 1. The number of hydrogen-bond donors (Lipinski definition) is 1. The molecule has 1 aliphatic rings. The molecule has 1 aromatic carbocycles. The second-order valence-corrected chi connectivity index (χ2v) is 5.36. The van der Waals surface area contributed by atoms with Crippen LogP contribution >= 0.6 is 0 Å². The van der Waals surface area contributed by atoms with Gasteiger partial charge >= 0.3 is 5.97 Å². The summed E-state index contributed by atoms with van der Waals surface area (Å²) >= 11 is 0. The van der Waals surface area contributed by atoms with Crippen molar-refractivity contribution in [2.24, 2.45) is 0 Å². The van der Waals surface area contributed by atoms with Crippen LogP contribution in [0.4, 0.5) is 0 Å². The van der Waals surface area contributed by atoms with Crippen molar-refractivity contribution in [2.75, 3.05) is 13.2 Å². The molecular formula is C15H20O4. The molecule has 0 bridgehead atoms. The average molecular weight is 264 g/mol. The summed E-state index contributed by atoms with van der Waals surface area (Å²) in [6.45, 7) is 5.18. The molecule has 1 aliphatic heterocycles. The van der Waals surface area contributed by atoms with E-state index in [0.29, 0.717) is 19.6 Å². The van der Waals surface area contributed by atoms with Crippen LogP contribution in [0.3, 0.4) is 0 Å². The van der Waals surface area contributed by atoms with E-state index in [0.717, 1.165) is 11.3 Å². The Labute approximate surface area is 113 Å². The number of carboxylic acid groups (broad SMARTS) is 1. The quantitative estimate of drug-likeness (QED) is 0.858. The summed E-state index contributed by atoms with van der Waals surface area (Å²) in [4.78, 5) is 10.7. The third-order valence-corrected chi connectivity index (χ3v) is 3.41. The largest absolute Gasteiger partial charge is 0.491 e. The number of rotatable bonds is 6. The third kappa shape index (κ3) is 3.26. The second-order valence-electron chi connectivity index (χ2n) is 5.36. The van der Waals surface area contributed by atoms with Crippen molar-refractivity contribution >= 4 is 5.97 Å². The monoisotopic (exact) mass is 264 g/mol. The van der Waals surface area contributed by atoms with Gasteiger partial charge in [-0.15, -0.1) is 0 Å². The van der Waals surface area contributed by atoms with Crippen LogP contribution in [0.1, 0.15) is 32.3 Å². The Morgan fingerprint density at radius 1 is 1.37 bits per heavy atom. The Morgan fingerprint density at radius 2 is 2.00 bits per heavy atom. The molecule has 104 valence electrons. The molecule has 0 aromatic heterocycles. The molecule has 2 rings (SSSR count). The van der Waals surface area contributed by atoms with Crippen molar-refractivity contribution in [2.45, 2.75) is 38.2 Å². The zero-order valence-electron chi connectivity index (χ0n) is 11.4. The first kappa shape index (κ1) is 13.9. The molecule has 1 fully saturated rings. The topological polar surface area (TPSA) is 55.8 Å². The van der Waals surface area contributed by atoms with Gasteiger partial charge in [0.1, 0.15) is 5.75 Å². The molecule has 19 heavy (non-hydrogen) atoms. The normalized spacial score (nSPS) is 17.0. The number of carbonyl (C=O) groups is 1. The van der Waals surface area contributed by atoms with Gasteiger partial charge in [0.25, 0.3) is 0 Å². The van der Waals surface area contributed by atoms with Gasteiger partial charge in [-0.2, -0.15) is 0 Å². The minimum absolute atomic E-state index is 0.130. The van der Waals surface area contributed by atoms with Crippen molar-refractivity contribution in [3.8, 4) is 5.75 Å². The standard InChI is InChI=1S/C15H20O4/c1-11(2)19-13-5-3-12(4-6-13)15(9-18-10-15)8-7-14(16)17/h3-6,11H,7-10H2,1-2H3,(H,16,17). The molecule has 1 N–H and O–H groups in total. The predicted molar refractivity (Wildman–Crippen MR) is 71.6 cm³/mol. The summed E-state index contributed by atoms with van der Waals surface area (Å²) in [6, 6.07) is 7.91. The first-order valence-corrected chi connectivity index (χ1v) is 6.59. The Bertz CT molecular complexity index is 432. The molecule has 1 saturated heterocycles. The van der Waals surface area contributed by atoms with Crippen molar-refractivity contribution in [1.29, 1.82) is 0 Å². The smallest absolute Gasteiger partial charge is 0.303 e. The molecule has 1 heterocycles. The Morgan fingerprint density at radius 3 is 2.42 bits per heavy atom. The van der Waals surface area contributed by atoms with E-state index in [9.17, 15) is 4.79 Å². The van der Waals surface area contributed by atoms with Gasteiger partial charge in [-0.1, -0.05) is 12.1 Å². The molecular weight excluding hydrogens is 244 g/mol. The highest BCUT2D eigenvalue weighted by molar-refractivity contribution is 5.67. The second kappa shape index (κ2) is 5.61. The third-order valence-electron chi connectivity index (χ3n) is 3.41. The fourth-order valence-corrected chi connectivity index (χ4v) is 2.31. The van der Waals surface area contributed by atoms with E-state index >= 15 is 0 Å². The summed E-state index contributed by atoms with van der Waals surface area (Å²) in [6.07, 6.45) is 0.944. The fourth-order valence-electron chi connectivity index (χ4n) is 2.31. The minimum Gasteiger partial charge on any atom is -0.491 e. The highest BCUT2D eigenvalue weighted by atomic mass is 16.5. The van der Waals surface area contributed by atoms with Crippen LogP contribution in [-0.4, -0.2) is 30.4 Å². The molecule has 4 heteroatoms. The van der Waals surface area contributed by atoms with E-state index < -0.39 is 5.97 Å². The molecule has 0 amide bonds. The van der Waals surface area contributed by atoms with Gasteiger partial charge in [-0.25, -0.2) is 0 Å². The van der Waals surface area contributed by atoms with E-state index in [1.807, 2.05) is 38.1 Å². The highest BCUT2D eigenvalue weighted by Crippen LogP contribution is 2.37. The van der Waals surface area contributed by atoms with Gasteiger partial charge in [-0.3, -0.25) is 4.79 Å². The molecule has 0 radical (unpaired) electrons. The zero-order chi connectivity index (χ0) is 13.9. The summed E-state index contributed by atoms with van der Waals surface area (Å²) in [5.74, 6) is 0.0819. The van der Waals surface area contributed by atoms with E-state index in [1.54, 1.807) is 0 Å². The van der Waals surface area contributed by atoms with Gasteiger partial charge in [0.15, 0.2) is 0 Å². The molecule has 0 atom stereocenters. The van der Waals surface area contributed by atoms with Gasteiger partial charge in [0.2, 0.25) is 0 Å². The maximum absolute atomic E-state index is 10.7. The van der Waals surface area contributed by atoms with Crippen molar-refractivity contribution in [1.82, 2.24) is 0 Å². The van der Waals surface area contributed by atoms with Crippen molar-refractivity contribution in [3.05, 3.63) is 29.8 Å². The average Bonchev–Trinajstić information content (AvgIpc) is 2.28. The molecule has 0 saturated carbocycles. The van der Waals surface area contributed by atoms with Crippen LogP contribution in [0.5, 0.6) is 5.75 Å².